The van der Waals surface area contributed by atoms with Crippen LogP contribution in [0.25, 0.3) is 0 Å². The number of carboxylic acid groups (broad SMARTS) is 1. The fourth-order valence-electron chi connectivity index (χ4n) is 1.33. The normalized spacial score (nSPS) is 10.0. The van der Waals surface area contributed by atoms with Gasteiger partial charge in [0.1, 0.15) is 5.69 Å². The standard InChI is InChI=1S/C10H13NO4/c1-11-6-7(3-4-9(12)13)5-8(11)10(14)15-2/h5-6H,3-4H2,1-2H3,(H,12,13). The Kier molecular flexibility index (Phi) is 3.49. The predicted octanol–water partition coefficient (Wildman–Crippen LogP) is 0.829. The van der Waals surface area contributed by atoms with Gasteiger partial charge in [0.2, 0.25) is 0 Å². The van der Waals surface area contributed by atoms with Gasteiger partial charge in [0.25, 0.3) is 0 Å². The van der Waals surface area contributed by atoms with Crippen molar-refractivity contribution in [3.8, 4) is 0 Å². The SMILES string of the molecule is COC(=O)c1cc(CCC(=O)O)cn1C. The minimum absolute atomic E-state index is 0.0601. The summed E-state index contributed by atoms with van der Waals surface area (Å²) < 4.78 is 6.21. The highest BCUT2D eigenvalue weighted by Gasteiger charge is 2.12. The van der Waals surface area contributed by atoms with Crippen molar-refractivity contribution in [2.24, 2.45) is 7.05 Å². The van der Waals surface area contributed by atoms with Gasteiger partial charge in [-0.2, -0.15) is 0 Å². The van der Waals surface area contributed by atoms with Crippen LogP contribution in [-0.4, -0.2) is 28.7 Å². The van der Waals surface area contributed by atoms with E-state index in [1.165, 1.54) is 7.11 Å². The molecule has 0 saturated carbocycles. The molecule has 0 aliphatic heterocycles. The lowest BCUT2D eigenvalue weighted by atomic mass is 10.2. The van der Waals surface area contributed by atoms with Crippen molar-refractivity contribution in [3.63, 3.8) is 0 Å². The summed E-state index contributed by atoms with van der Waals surface area (Å²) in [5.41, 5.74) is 1.25. The maximum atomic E-state index is 11.2. The molecule has 0 aromatic carbocycles. The average Bonchev–Trinajstić information content (AvgIpc) is 2.55. The van der Waals surface area contributed by atoms with E-state index >= 15 is 0 Å². The molecule has 1 heterocycles. The van der Waals surface area contributed by atoms with Gasteiger partial charge in [0.05, 0.1) is 7.11 Å². The number of aromatic nitrogens is 1. The van der Waals surface area contributed by atoms with Crippen molar-refractivity contribution >= 4 is 11.9 Å². The van der Waals surface area contributed by atoms with E-state index in [2.05, 4.69) is 4.74 Å². The molecule has 82 valence electrons. The van der Waals surface area contributed by atoms with Crippen LogP contribution in [-0.2, 0) is 23.0 Å². The van der Waals surface area contributed by atoms with Crippen LogP contribution in [0.1, 0.15) is 22.5 Å². The van der Waals surface area contributed by atoms with E-state index in [0.29, 0.717) is 12.1 Å². The molecule has 0 saturated heterocycles. The van der Waals surface area contributed by atoms with Crippen LogP contribution in [0, 0.1) is 0 Å². The van der Waals surface area contributed by atoms with Gasteiger partial charge in [0.15, 0.2) is 0 Å². The predicted molar refractivity (Wildman–Crippen MR) is 52.7 cm³/mol. The molecule has 0 fully saturated rings. The third-order valence-corrected chi connectivity index (χ3v) is 2.08. The van der Waals surface area contributed by atoms with E-state index in [-0.39, 0.29) is 6.42 Å². The molecule has 0 spiro atoms. The summed E-state index contributed by atoms with van der Waals surface area (Å²) in [4.78, 5) is 21.6. The topological polar surface area (TPSA) is 68.5 Å². The van der Waals surface area contributed by atoms with Crippen LogP contribution in [0.2, 0.25) is 0 Å². The molecule has 0 amide bonds. The largest absolute Gasteiger partial charge is 0.481 e. The summed E-state index contributed by atoms with van der Waals surface area (Å²) in [6.07, 6.45) is 2.21. The zero-order valence-corrected chi connectivity index (χ0v) is 8.69. The Bertz CT molecular complexity index is 381. The monoisotopic (exact) mass is 211 g/mol. The number of carbonyl (C=O) groups excluding carboxylic acids is 1. The molecular formula is C10H13NO4. The lowest BCUT2D eigenvalue weighted by Crippen LogP contribution is -2.06. The highest BCUT2D eigenvalue weighted by molar-refractivity contribution is 5.87. The van der Waals surface area contributed by atoms with Crippen molar-refractivity contribution in [2.75, 3.05) is 7.11 Å². The molecule has 0 atom stereocenters. The van der Waals surface area contributed by atoms with Crippen LogP contribution in [0.15, 0.2) is 12.3 Å². The molecule has 1 aromatic heterocycles. The second-order valence-electron chi connectivity index (χ2n) is 3.23. The van der Waals surface area contributed by atoms with Gasteiger partial charge in [-0.25, -0.2) is 4.79 Å². The number of aliphatic carboxylic acids is 1. The molecule has 1 N–H and O–H groups in total. The van der Waals surface area contributed by atoms with Crippen LogP contribution >= 0.6 is 0 Å². The Morgan fingerprint density at radius 1 is 1.53 bits per heavy atom. The molecule has 1 rings (SSSR count). The van der Waals surface area contributed by atoms with Crippen LogP contribution in [0.5, 0.6) is 0 Å². The van der Waals surface area contributed by atoms with E-state index in [0.717, 1.165) is 5.56 Å². The fraction of sp³-hybridized carbons (Fsp3) is 0.400. The Morgan fingerprint density at radius 3 is 2.73 bits per heavy atom. The van der Waals surface area contributed by atoms with Gasteiger partial charge in [-0.15, -0.1) is 0 Å². The van der Waals surface area contributed by atoms with E-state index in [4.69, 9.17) is 5.11 Å². The highest BCUT2D eigenvalue weighted by atomic mass is 16.5. The molecule has 0 bridgehead atoms. The van der Waals surface area contributed by atoms with Crippen molar-refractivity contribution in [1.29, 1.82) is 0 Å². The summed E-state index contributed by atoms with van der Waals surface area (Å²) in [7, 11) is 3.03. The average molecular weight is 211 g/mol. The number of carbonyl (C=O) groups is 2. The molecule has 0 aliphatic rings. The van der Waals surface area contributed by atoms with Crippen LogP contribution in [0.3, 0.4) is 0 Å². The van der Waals surface area contributed by atoms with Gasteiger partial charge in [-0.1, -0.05) is 0 Å². The Hall–Kier alpha value is -1.78. The lowest BCUT2D eigenvalue weighted by Gasteiger charge is -1.98. The fourth-order valence-corrected chi connectivity index (χ4v) is 1.33. The highest BCUT2D eigenvalue weighted by Crippen LogP contribution is 2.10. The van der Waals surface area contributed by atoms with E-state index in [1.54, 1.807) is 23.9 Å². The molecule has 5 nitrogen and oxygen atoms in total. The zero-order valence-electron chi connectivity index (χ0n) is 8.69. The lowest BCUT2D eigenvalue weighted by molar-refractivity contribution is -0.136. The molecule has 0 unspecified atom stereocenters. The maximum absolute atomic E-state index is 11.2. The first-order valence-electron chi connectivity index (χ1n) is 4.50. The minimum atomic E-state index is -0.849. The number of nitrogens with zero attached hydrogens (tertiary/aromatic N) is 1. The van der Waals surface area contributed by atoms with E-state index in [1.807, 2.05) is 0 Å². The minimum Gasteiger partial charge on any atom is -0.481 e. The number of hydrogen-bond donors (Lipinski definition) is 1. The quantitative estimate of drug-likeness (QED) is 0.749. The zero-order chi connectivity index (χ0) is 11.4. The van der Waals surface area contributed by atoms with Gasteiger partial charge >= 0.3 is 11.9 Å². The number of ether oxygens (including phenoxy) is 1. The van der Waals surface area contributed by atoms with E-state index in [9.17, 15) is 9.59 Å². The summed E-state index contributed by atoms with van der Waals surface area (Å²) >= 11 is 0. The number of esters is 1. The van der Waals surface area contributed by atoms with Gasteiger partial charge < -0.3 is 14.4 Å². The number of rotatable bonds is 4. The number of carboxylic acids is 1. The van der Waals surface area contributed by atoms with Crippen molar-refractivity contribution in [3.05, 3.63) is 23.5 Å². The summed E-state index contributed by atoms with van der Waals surface area (Å²) in [5, 5.41) is 8.51. The second-order valence-corrected chi connectivity index (χ2v) is 3.23. The van der Waals surface area contributed by atoms with Crippen molar-refractivity contribution < 1.29 is 19.4 Å². The first-order valence-corrected chi connectivity index (χ1v) is 4.50. The molecule has 0 aliphatic carbocycles. The third-order valence-electron chi connectivity index (χ3n) is 2.08. The Balaban J connectivity index is 2.76. The summed E-state index contributed by atoms with van der Waals surface area (Å²) in [5.74, 6) is -1.27. The maximum Gasteiger partial charge on any atom is 0.354 e. The van der Waals surface area contributed by atoms with Crippen LogP contribution < -0.4 is 0 Å². The molecule has 15 heavy (non-hydrogen) atoms. The molecule has 1 aromatic rings. The third kappa shape index (κ3) is 2.83. The van der Waals surface area contributed by atoms with Gasteiger partial charge in [-0.05, 0) is 18.1 Å². The van der Waals surface area contributed by atoms with Gasteiger partial charge in [-0.3, -0.25) is 4.79 Å². The Morgan fingerprint density at radius 2 is 2.20 bits per heavy atom. The first-order chi connectivity index (χ1) is 7.04. The van der Waals surface area contributed by atoms with Crippen molar-refractivity contribution in [2.45, 2.75) is 12.8 Å². The summed E-state index contributed by atoms with van der Waals surface area (Å²) in [6.45, 7) is 0. The number of hydrogen-bond acceptors (Lipinski definition) is 3. The van der Waals surface area contributed by atoms with Crippen molar-refractivity contribution in [1.82, 2.24) is 4.57 Å². The smallest absolute Gasteiger partial charge is 0.354 e. The number of aryl methyl sites for hydroxylation is 2. The molecule has 5 heteroatoms. The van der Waals surface area contributed by atoms with E-state index < -0.39 is 11.9 Å². The number of methoxy groups -OCH3 is 1. The molecular weight excluding hydrogens is 198 g/mol. The first kappa shape index (κ1) is 11.3. The van der Waals surface area contributed by atoms with Gasteiger partial charge in [0, 0.05) is 19.7 Å². The molecule has 0 radical (unpaired) electrons. The Labute approximate surface area is 87.3 Å². The second kappa shape index (κ2) is 4.63. The van der Waals surface area contributed by atoms with Crippen LogP contribution in [0.4, 0.5) is 0 Å². The summed E-state index contributed by atoms with van der Waals surface area (Å²) in [6, 6.07) is 1.65.